The van der Waals surface area contributed by atoms with Crippen LogP contribution in [0.25, 0.3) is 5.69 Å². The van der Waals surface area contributed by atoms with Gasteiger partial charge >= 0.3 is 12.0 Å². The van der Waals surface area contributed by atoms with E-state index in [0.29, 0.717) is 18.3 Å². The Morgan fingerprint density at radius 1 is 1.17 bits per heavy atom. The van der Waals surface area contributed by atoms with Gasteiger partial charge in [0.05, 0.1) is 24.1 Å². The minimum atomic E-state index is -2.01. The molecule has 0 spiro atoms. The number of aromatic nitrogens is 6. The number of urea groups is 1. The first-order valence-corrected chi connectivity index (χ1v) is 12.4. The quantitative estimate of drug-likeness (QED) is 0.192. The van der Waals surface area contributed by atoms with Crippen molar-refractivity contribution in [3.05, 3.63) is 84.7 Å². The number of hydrogen-bond donors (Lipinski definition) is 1. The van der Waals surface area contributed by atoms with Crippen LogP contribution in [0.5, 0.6) is 0 Å². The first-order chi connectivity index (χ1) is 19.2. The standard InChI is InChI=1S/C26H27F2N8O4.ClH/c1-18(34-11-12-35(25(34)38)21-4-6-22(7-5-21)36-10-9-29-31-36)26(39,23-8-3-20(27)13-24(23)28)14-33-16-32(15-30-33)17-40-19(2)37;/h3-10,13,15-16,18,39H,11-12,14,17H2,1-2H3;1H/q+1;/p-1/t18-,26-;/m1./s1. The highest BCUT2D eigenvalue weighted by molar-refractivity contribution is 5.94. The van der Waals surface area contributed by atoms with Crippen LogP contribution in [0.1, 0.15) is 19.4 Å². The summed E-state index contributed by atoms with van der Waals surface area (Å²) in [6, 6.07) is 8.73. The zero-order valence-electron chi connectivity index (χ0n) is 22.1. The number of halogens is 3. The summed E-state index contributed by atoms with van der Waals surface area (Å²) in [5.41, 5.74) is -0.791. The van der Waals surface area contributed by atoms with E-state index in [1.165, 1.54) is 39.8 Å². The van der Waals surface area contributed by atoms with Gasteiger partial charge in [-0.25, -0.2) is 22.8 Å². The average Bonchev–Trinajstić information content (AvgIpc) is 3.69. The Hall–Kier alpha value is -4.43. The van der Waals surface area contributed by atoms with Crippen LogP contribution >= 0.6 is 0 Å². The molecule has 41 heavy (non-hydrogen) atoms. The van der Waals surface area contributed by atoms with E-state index in [2.05, 4.69) is 15.4 Å². The predicted molar refractivity (Wildman–Crippen MR) is 135 cm³/mol. The fourth-order valence-corrected chi connectivity index (χ4v) is 4.75. The maximum Gasteiger partial charge on any atom is 0.324 e. The fourth-order valence-electron chi connectivity index (χ4n) is 4.75. The second-order valence-electron chi connectivity index (χ2n) is 9.44. The topological polar surface area (TPSA) is 122 Å². The van der Waals surface area contributed by atoms with Crippen LogP contribution in [0, 0.1) is 11.6 Å². The van der Waals surface area contributed by atoms with Crippen LogP contribution in [0.4, 0.5) is 19.3 Å². The van der Waals surface area contributed by atoms with Gasteiger partial charge < -0.3 is 27.2 Å². The monoisotopic (exact) mass is 588 g/mol. The van der Waals surface area contributed by atoms with Gasteiger partial charge in [-0.1, -0.05) is 11.3 Å². The second-order valence-corrected chi connectivity index (χ2v) is 9.44. The Kier molecular flexibility index (Phi) is 8.63. The Labute approximate surface area is 239 Å². The average molecular weight is 589 g/mol. The lowest BCUT2D eigenvalue weighted by atomic mass is 9.85. The van der Waals surface area contributed by atoms with Crippen molar-refractivity contribution in [2.45, 2.75) is 38.8 Å². The molecule has 3 heterocycles. The van der Waals surface area contributed by atoms with Crippen molar-refractivity contribution in [2.75, 3.05) is 18.0 Å². The third kappa shape index (κ3) is 6.02. The molecule has 2 aromatic carbocycles. The van der Waals surface area contributed by atoms with Crippen molar-refractivity contribution >= 4 is 17.7 Å². The van der Waals surface area contributed by atoms with Crippen molar-refractivity contribution in [1.29, 1.82) is 0 Å². The van der Waals surface area contributed by atoms with Crippen LogP contribution in [0.3, 0.4) is 0 Å². The molecule has 0 saturated carbocycles. The first kappa shape index (κ1) is 29.6. The number of anilines is 1. The van der Waals surface area contributed by atoms with E-state index in [9.17, 15) is 19.1 Å². The summed E-state index contributed by atoms with van der Waals surface area (Å²) in [4.78, 5) is 27.7. The number of aliphatic hydroxyl groups is 1. The van der Waals surface area contributed by atoms with Gasteiger partial charge in [0.25, 0.3) is 6.33 Å². The third-order valence-corrected chi connectivity index (χ3v) is 6.90. The molecule has 1 fully saturated rings. The van der Waals surface area contributed by atoms with E-state index < -0.39 is 29.2 Å². The molecule has 1 saturated heterocycles. The number of rotatable bonds is 9. The number of esters is 1. The SMILES string of the molecule is CC(=O)OC[n+]1cnn(C[C@](O)(c2ccc(F)cc2F)[C@@H](C)N2CCN(c3ccc(-n4ccnn4)cc3)C2=O)c1.[Cl-]. The number of carbonyl (C=O) groups excluding carboxylic acids is 2. The van der Waals surface area contributed by atoms with Gasteiger partial charge in [0, 0.05) is 42.4 Å². The second kappa shape index (κ2) is 12.0. The van der Waals surface area contributed by atoms with Gasteiger partial charge in [0.1, 0.15) is 23.8 Å². The van der Waals surface area contributed by atoms with Gasteiger partial charge in [-0.15, -0.1) is 9.78 Å². The maximum atomic E-state index is 15.1. The molecule has 4 aromatic rings. The lowest BCUT2D eigenvalue weighted by Gasteiger charge is -2.38. The highest BCUT2D eigenvalue weighted by Gasteiger charge is 2.47. The molecule has 1 N–H and O–H groups in total. The van der Waals surface area contributed by atoms with Gasteiger partial charge in [-0.2, -0.15) is 0 Å². The molecular formula is C26H27ClF2N8O4. The van der Waals surface area contributed by atoms with E-state index in [1.54, 1.807) is 53.2 Å². The minimum Gasteiger partial charge on any atom is -1.00 e. The zero-order chi connectivity index (χ0) is 28.4. The van der Waals surface area contributed by atoms with Crippen molar-refractivity contribution < 1.29 is 45.2 Å². The molecule has 0 radical (unpaired) electrons. The van der Waals surface area contributed by atoms with E-state index in [-0.39, 0.29) is 43.8 Å². The molecule has 216 valence electrons. The normalized spacial score (nSPS) is 15.4. The Balaban J connectivity index is 0.00000387. The van der Waals surface area contributed by atoms with E-state index in [1.807, 2.05) is 0 Å². The molecule has 2 amide bonds. The van der Waals surface area contributed by atoms with Crippen LogP contribution in [0.15, 0.2) is 67.5 Å². The highest BCUT2D eigenvalue weighted by Crippen LogP contribution is 2.35. The molecule has 1 aliphatic rings. The summed E-state index contributed by atoms with van der Waals surface area (Å²) >= 11 is 0. The van der Waals surface area contributed by atoms with Crippen LogP contribution in [-0.4, -0.2) is 65.9 Å². The number of ether oxygens (including phenoxy) is 1. The molecule has 0 unspecified atom stereocenters. The summed E-state index contributed by atoms with van der Waals surface area (Å²) in [6.07, 6.45) is 6.11. The molecule has 12 nitrogen and oxygen atoms in total. The van der Waals surface area contributed by atoms with E-state index in [4.69, 9.17) is 4.74 Å². The van der Waals surface area contributed by atoms with Gasteiger partial charge in [-0.3, -0.25) is 9.69 Å². The zero-order valence-corrected chi connectivity index (χ0v) is 22.9. The molecule has 5 rings (SSSR count). The summed E-state index contributed by atoms with van der Waals surface area (Å²) in [6.45, 7) is 3.07. The van der Waals surface area contributed by atoms with Crippen molar-refractivity contribution in [1.82, 2.24) is 29.7 Å². The molecule has 2 aromatic heterocycles. The molecule has 1 aliphatic heterocycles. The summed E-state index contributed by atoms with van der Waals surface area (Å²) in [5, 5.41) is 24.0. The van der Waals surface area contributed by atoms with E-state index >= 15 is 4.39 Å². The third-order valence-electron chi connectivity index (χ3n) is 6.90. The Morgan fingerprint density at radius 2 is 1.90 bits per heavy atom. The van der Waals surface area contributed by atoms with Gasteiger partial charge in [-0.05, 0) is 37.3 Å². The first-order valence-electron chi connectivity index (χ1n) is 12.4. The smallest absolute Gasteiger partial charge is 0.324 e. The van der Waals surface area contributed by atoms with E-state index in [0.717, 1.165) is 11.8 Å². The predicted octanol–water partition coefficient (Wildman–Crippen LogP) is -1.23. The van der Waals surface area contributed by atoms with Crippen LogP contribution in [-0.2, 0) is 28.4 Å². The Bertz CT molecular complexity index is 1520. The molecule has 15 heteroatoms. The summed E-state index contributed by atoms with van der Waals surface area (Å²) in [5.74, 6) is -2.24. The highest BCUT2D eigenvalue weighted by atomic mass is 35.5. The summed E-state index contributed by atoms with van der Waals surface area (Å²) in [7, 11) is 0. The maximum absolute atomic E-state index is 15.1. The summed E-state index contributed by atoms with van der Waals surface area (Å²) < 4.78 is 38.2. The van der Waals surface area contributed by atoms with Crippen molar-refractivity contribution in [3.8, 4) is 5.69 Å². The lowest BCUT2D eigenvalue weighted by Crippen LogP contribution is -3.00. The fraction of sp³-hybridized carbons (Fsp3) is 0.308. The van der Waals surface area contributed by atoms with Gasteiger partial charge in [0.15, 0.2) is 0 Å². The van der Waals surface area contributed by atoms with Gasteiger partial charge in [0.2, 0.25) is 13.1 Å². The number of nitrogens with zero attached hydrogens (tertiary/aromatic N) is 8. The number of benzene rings is 2. The van der Waals surface area contributed by atoms with Crippen molar-refractivity contribution in [3.63, 3.8) is 0 Å². The lowest BCUT2D eigenvalue weighted by molar-refractivity contribution is -0.728. The minimum absolute atomic E-state index is 0. The number of hydrogen-bond acceptors (Lipinski definition) is 7. The molecule has 0 bridgehead atoms. The Morgan fingerprint density at radius 3 is 2.56 bits per heavy atom. The van der Waals surface area contributed by atoms with Crippen LogP contribution < -0.4 is 21.9 Å². The molecule has 0 aliphatic carbocycles. The van der Waals surface area contributed by atoms with Crippen molar-refractivity contribution in [2.24, 2.45) is 0 Å². The number of amides is 2. The largest absolute Gasteiger partial charge is 1.00 e. The number of carbonyl (C=O) groups is 2. The molecular weight excluding hydrogens is 562 g/mol. The molecule has 2 atom stereocenters. The van der Waals surface area contributed by atoms with Crippen LogP contribution in [0.2, 0.25) is 0 Å².